The smallest absolute Gasteiger partial charge is 0.222 e. The number of ether oxygens (including phenoxy) is 1. The van der Waals surface area contributed by atoms with E-state index in [1.807, 2.05) is 22.6 Å². The second-order valence-electron chi connectivity index (χ2n) is 8.55. The molecule has 1 aliphatic rings. The van der Waals surface area contributed by atoms with Crippen molar-refractivity contribution in [2.75, 3.05) is 24.1 Å². The molecular formula is C25H25FN6O3S. The predicted molar refractivity (Wildman–Crippen MR) is 135 cm³/mol. The first-order valence-electron chi connectivity index (χ1n) is 11.5. The Kier molecular flexibility index (Phi) is 6.66. The second-order valence-corrected chi connectivity index (χ2v) is 10.0. The van der Waals surface area contributed by atoms with Crippen LogP contribution in [0, 0.1) is 5.82 Å². The molecule has 0 aliphatic carbocycles. The van der Waals surface area contributed by atoms with Gasteiger partial charge in [0.25, 0.3) is 0 Å². The molecule has 1 aliphatic heterocycles. The highest BCUT2D eigenvalue weighted by Crippen LogP contribution is 2.28. The van der Waals surface area contributed by atoms with Gasteiger partial charge in [-0.1, -0.05) is 0 Å². The first-order chi connectivity index (χ1) is 17.4. The second kappa shape index (κ2) is 10.0. The highest BCUT2D eigenvalue weighted by Gasteiger charge is 2.26. The Balaban J connectivity index is 1.29. The number of aromatic nitrogens is 3. The molecule has 11 heteroatoms. The number of anilines is 2. The summed E-state index contributed by atoms with van der Waals surface area (Å²) in [5.41, 5.74) is 8.40. The van der Waals surface area contributed by atoms with Gasteiger partial charge in [0.1, 0.15) is 40.1 Å². The van der Waals surface area contributed by atoms with Crippen LogP contribution >= 0.6 is 0 Å². The van der Waals surface area contributed by atoms with Crippen LogP contribution in [0.2, 0.25) is 0 Å². The van der Waals surface area contributed by atoms with Crippen LogP contribution in [-0.4, -0.2) is 48.0 Å². The van der Waals surface area contributed by atoms with Gasteiger partial charge in [0.05, 0.1) is 11.1 Å². The van der Waals surface area contributed by atoms with Gasteiger partial charge in [-0.25, -0.2) is 22.9 Å². The van der Waals surface area contributed by atoms with Crippen molar-refractivity contribution in [3.63, 3.8) is 0 Å². The largest absolute Gasteiger partial charge is 0.490 e. The Labute approximate surface area is 209 Å². The summed E-state index contributed by atoms with van der Waals surface area (Å²) in [7, 11) is -1.49. The van der Waals surface area contributed by atoms with Gasteiger partial charge in [-0.2, -0.15) is 0 Å². The SMILES string of the molecule is CC(=O)Nc1cn2cc(-c3cnc(N)c(S(=O)N4CCC(Oc5ccc(F)cc5)CC4)c3)ccc2n1. The molecule has 0 spiro atoms. The van der Waals surface area contributed by atoms with E-state index in [4.69, 9.17) is 10.5 Å². The number of carbonyl (C=O) groups is 1. The van der Waals surface area contributed by atoms with Crippen molar-refractivity contribution >= 4 is 34.2 Å². The minimum atomic E-state index is -1.49. The van der Waals surface area contributed by atoms with Gasteiger partial charge in [-0.3, -0.25) is 4.79 Å². The maximum Gasteiger partial charge on any atom is 0.222 e. The lowest BCUT2D eigenvalue weighted by atomic mass is 10.1. The molecule has 3 N–H and O–H groups in total. The first kappa shape index (κ1) is 23.9. The molecule has 0 bridgehead atoms. The van der Waals surface area contributed by atoms with Crippen LogP contribution in [0.5, 0.6) is 5.75 Å². The summed E-state index contributed by atoms with van der Waals surface area (Å²) < 4.78 is 36.1. The summed E-state index contributed by atoms with van der Waals surface area (Å²) in [6.45, 7) is 2.56. The first-order valence-corrected chi connectivity index (χ1v) is 12.6. The van der Waals surface area contributed by atoms with Crippen LogP contribution in [0.15, 0.2) is 66.0 Å². The van der Waals surface area contributed by atoms with Crippen molar-refractivity contribution in [2.45, 2.75) is 30.8 Å². The molecule has 3 aromatic heterocycles. The number of hydrogen-bond acceptors (Lipinski definition) is 6. The molecule has 0 saturated carbocycles. The van der Waals surface area contributed by atoms with Crippen LogP contribution in [-0.2, 0) is 15.8 Å². The molecule has 1 fully saturated rings. The van der Waals surface area contributed by atoms with Gasteiger partial charge < -0.3 is 20.2 Å². The third-order valence-electron chi connectivity index (χ3n) is 5.91. The number of piperidine rings is 1. The summed E-state index contributed by atoms with van der Waals surface area (Å²) in [5.74, 6) is 0.804. The van der Waals surface area contributed by atoms with E-state index in [0.29, 0.717) is 48.0 Å². The topological polar surface area (TPSA) is 115 Å². The molecule has 0 radical (unpaired) electrons. The zero-order chi connectivity index (χ0) is 25.2. The van der Waals surface area contributed by atoms with Crippen molar-refractivity contribution in [3.8, 4) is 16.9 Å². The number of nitrogen functional groups attached to an aromatic ring is 1. The quantitative estimate of drug-likeness (QED) is 0.411. The summed E-state index contributed by atoms with van der Waals surface area (Å²) in [6.07, 6.45) is 6.57. The van der Waals surface area contributed by atoms with Crippen molar-refractivity contribution in [1.29, 1.82) is 0 Å². The van der Waals surface area contributed by atoms with E-state index in [1.165, 1.54) is 19.1 Å². The van der Waals surface area contributed by atoms with Gasteiger partial charge >= 0.3 is 0 Å². The lowest BCUT2D eigenvalue weighted by Crippen LogP contribution is -2.39. The number of imidazole rings is 1. The average Bonchev–Trinajstić information content (AvgIpc) is 3.26. The molecule has 4 heterocycles. The lowest BCUT2D eigenvalue weighted by Gasteiger charge is -2.31. The van der Waals surface area contributed by atoms with Gasteiger partial charge in [0.15, 0.2) is 5.82 Å². The zero-order valence-corrected chi connectivity index (χ0v) is 20.4. The number of amides is 1. The molecule has 1 aromatic carbocycles. The van der Waals surface area contributed by atoms with Crippen molar-refractivity contribution in [3.05, 3.63) is 66.9 Å². The molecule has 4 aromatic rings. The fourth-order valence-corrected chi connectivity index (χ4v) is 5.40. The Morgan fingerprint density at radius 1 is 1.14 bits per heavy atom. The molecular weight excluding hydrogens is 483 g/mol. The number of fused-ring (bicyclic) bond motifs is 1. The van der Waals surface area contributed by atoms with Gasteiger partial charge in [0, 0.05) is 43.5 Å². The van der Waals surface area contributed by atoms with Crippen molar-refractivity contribution < 1.29 is 18.1 Å². The summed E-state index contributed by atoms with van der Waals surface area (Å²) >= 11 is 0. The number of pyridine rings is 2. The third-order valence-corrected chi connectivity index (χ3v) is 7.45. The molecule has 5 rings (SSSR count). The molecule has 1 atom stereocenters. The number of halogens is 1. The number of nitrogens with one attached hydrogen (secondary N) is 1. The fourth-order valence-electron chi connectivity index (χ4n) is 4.12. The molecule has 1 unspecified atom stereocenters. The van der Waals surface area contributed by atoms with Gasteiger partial charge in [-0.05, 0) is 55.3 Å². The average molecular weight is 509 g/mol. The number of nitrogens with zero attached hydrogens (tertiary/aromatic N) is 4. The van der Waals surface area contributed by atoms with E-state index in [0.717, 1.165) is 11.1 Å². The minimum absolute atomic E-state index is 0.0326. The minimum Gasteiger partial charge on any atom is -0.490 e. The standard InChI is InChI=1S/C25H25FN6O3S/c1-16(33)29-23-15-31-14-17(2-7-24(31)30-23)18-12-22(25(27)28-13-18)36(34)32-10-8-21(9-11-32)35-20-5-3-19(26)4-6-20/h2-7,12-15,21H,8-11H2,1H3,(H2,27,28)(H,29,33). The normalized spacial score (nSPS) is 15.6. The molecule has 1 amide bonds. The van der Waals surface area contributed by atoms with Crippen LogP contribution in [0.25, 0.3) is 16.8 Å². The molecule has 9 nitrogen and oxygen atoms in total. The van der Waals surface area contributed by atoms with E-state index in [9.17, 15) is 13.4 Å². The summed E-state index contributed by atoms with van der Waals surface area (Å²) in [6, 6.07) is 11.5. The number of rotatable bonds is 6. The highest BCUT2D eigenvalue weighted by atomic mass is 32.2. The Morgan fingerprint density at radius 2 is 1.89 bits per heavy atom. The van der Waals surface area contributed by atoms with Crippen LogP contribution in [0.4, 0.5) is 16.0 Å². The molecule has 36 heavy (non-hydrogen) atoms. The van der Waals surface area contributed by atoms with Gasteiger partial charge in [0.2, 0.25) is 5.91 Å². The maximum atomic E-state index is 13.4. The predicted octanol–water partition coefficient (Wildman–Crippen LogP) is 3.64. The van der Waals surface area contributed by atoms with E-state index < -0.39 is 11.0 Å². The van der Waals surface area contributed by atoms with E-state index in [1.54, 1.807) is 35.0 Å². The summed E-state index contributed by atoms with van der Waals surface area (Å²) in [4.78, 5) is 20.4. The maximum absolute atomic E-state index is 13.4. The fraction of sp³-hybridized carbons (Fsp3) is 0.240. The van der Waals surface area contributed by atoms with Crippen LogP contribution in [0.1, 0.15) is 19.8 Å². The summed E-state index contributed by atoms with van der Waals surface area (Å²) in [5, 5.41) is 2.67. The Morgan fingerprint density at radius 3 is 2.61 bits per heavy atom. The number of benzene rings is 1. The zero-order valence-electron chi connectivity index (χ0n) is 19.6. The van der Waals surface area contributed by atoms with Crippen molar-refractivity contribution in [2.24, 2.45) is 0 Å². The van der Waals surface area contributed by atoms with E-state index >= 15 is 0 Å². The highest BCUT2D eigenvalue weighted by molar-refractivity contribution is 7.82. The van der Waals surface area contributed by atoms with Crippen LogP contribution in [0.3, 0.4) is 0 Å². The third kappa shape index (κ3) is 5.21. The van der Waals surface area contributed by atoms with Gasteiger partial charge in [-0.15, -0.1) is 0 Å². The van der Waals surface area contributed by atoms with E-state index in [-0.39, 0.29) is 23.6 Å². The number of hydrogen-bond donors (Lipinski definition) is 2. The van der Waals surface area contributed by atoms with Crippen molar-refractivity contribution in [1.82, 2.24) is 18.7 Å². The monoisotopic (exact) mass is 508 g/mol. The number of nitrogens with two attached hydrogens (primary N) is 1. The Hall–Kier alpha value is -3.83. The molecule has 1 saturated heterocycles. The van der Waals surface area contributed by atoms with E-state index in [2.05, 4.69) is 15.3 Å². The number of carbonyl (C=O) groups excluding carboxylic acids is 1. The Bertz CT molecular complexity index is 1430. The molecule has 186 valence electrons. The van der Waals surface area contributed by atoms with Crippen LogP contribution < -0.4 is 15.8 Å². The lowest BCUT2D eigenvalue weighted by molar-refractivity contribution is -0.114.